The highest BCUT2D eigenvalue weighted by Crippen LogP contribution is 2.29. The number of carbonyl (C=O) groups excluding carboxylic acids is 1. The van der Waals surface area contributed by atoms with Gasteiger partial charge in [-0.2, -0.15) is 5.10 Å². The zero-order chi connectivity index (χ0) is 14.9. The van der Waals surface area contributed by atoms with Crippen molar-refractivity contribution in [1.29, 1.82) is 0 Å². The van der Waals surface area contributed by atoms with E-state index in [4.69, 9.17) is 5.73 Å². The summed E-state index contributed by atoms with van der Waals surface area (Å²) in [5.41, 5.74) is 9.71. The van der Waals surface area contributed by atoms with E-state index in [9.17, 15) is 4.79 Å². The molecule has 1 aliphatic rings. The van der Waals surface area contributed by atoms with Gasteiger partial charge >= 0.3 is 0 Å². The summed E-state index contributed by atoms with van der Waals surface area (Å²) in [6, 6.07) is 6.09. The summed E-state index contributed by atoms with van der Waals surface area (Å²) in [6.45, 7) is 8.70. The Balaban J connectivity index is 2.39. The minimum Gasteiger partial charge on any atom is -0.330 e. The minimum atomic E-state index is -0.166. The highest BCUT2D eigenvalue weighted by Gasteiger charge is 2.37. The molecule has 1 aromatic rings. The number of aryl methyl sites for hydroxylation is 2. The van der Waals surface area contributed by atoms with E-state index in [2.05, 4.69) is 25.0 Å². The molecule has 0 saturated heterocycles. The quantitative estimate of drug-likeness (QED) is 0.916. The second-order valence-electron chi connectivity index (χ2n) is 5.81. The first-order valence-electron chi connectivity index (χ1n) is 7.14. The second kappa shape index (κ2) is 5.75. The number of benzene rings is 1. The molecule has 20 heavy (non-hydrogen) atoms. The zero-order valence-corrected chi connectivity index (χ0v) is 12.7. The molecule has 1 heterocycles. The van der Waals surface area contributed by atoms with Crippen LogP contribution in [0.1, 0.15) is 31.4 Å². The molecular formula is C16H23N3O. The Kier molecular flexibility index (Phi) is 4.23. The van der Waals surface area contributed by atoms with Crippen molar-refractivity contribution in [2.75, 3.05) is 11.6 Å². The van der Waals surface area contributed by atoms with E-state index in [1.165, 1.54) is 0 Å². The van der Waals surface area contributed by atoms with Gasteiger partial charge in [-0.15, -0.1) is 0 Å². The maximum absolute atomic E-state index is 12.6. The lowest BCUT2D eigenvalue weighted by atomic mass is 9.92. The van der Waals surface area contributed by atoms with Crippen molar-refractivity contribution >= 4 is 17.3 Å². The van der Waals surface area contributed by atoms with Crippen LogP contribution in [-0.4, -0.2) is 18.2 Å². The van der Waals surface area contributed by atoms with Crippen LogP contribution in [0.2, 0.25) is 0 Å². The van der Waals surface area contributed by atoms with Crippen molar-refractivity contribution in [3.63, 3.8) is 0 Å². The summed E-state index contributed by atoms with van der Waals surface area (Å²) in [5, 5.41) is 6.12. The molecule has 2 N–H and O–H groups in total. The normalized spacial score (nSPS) is 18.9. The molecule has 0 spiro atoms. The van der Waals surface area contributed by atoms with Crippen molar-refractivity contribution < 1.29 is 4.79 Å². The molecule has 1 unspecified atom stereocenters. The molecule has 1 aromatic carbocycles. The number of nitrogens with zero attached hydrogens (tertiary/aromatic N) is 2. The van der Waals surface area contributed by atoms with Crippen LogP contribution in [0.3, 0.4) is 0 Å². The third-order valence-electron chi connectivity index (χ3n) is 3.58. The molecule has 4 nitrogen and oxygen atoms in total. The molecule has 0 aliphatic carbocycles. The Morgan fingerprint density at radius 3 is 2.35 bits per heavy atom. The van der Waals surface area contributed by atoms with E-state index in [1.54, 1.807) is 5.01 Å². The molecule has 0 saturated carbocycles. The fourth-order valence-corrected chi connectivity index (χ4v) is 2.72. The first kappa shape index (κ1) is 14.7. The van der Waals surface area contributed by atoms with E-state index in [0.717, 1.165) is 22.5 Å². The van der Waals surface area contributed by atoms with Gasteiger partial charge in [0.15, 0.2) is 0 Å². The lowest BCUT2D eigenvalue weighted by molar-refractivity contribution is -0.119. The Bertz CT molecular complexity index is 528. The summed E-state index contributed by atoms with van der Waals surface area (Å²) >= 11 is 0. The molecule has 2 rings (SSSR count). The summed E-state index contributed by atoms with van der Waals surface area (Å²) in [6.07, 6.45) is 0.664. The average molecular weight is 273 g/mol. The van der Waals surface area contributed by atoms with Crippen LogP contribution < -0.4 is 10.7 Å². The maximum Gasteiger partial charge on any atom is 0.256 e. The summed E-state index contributed by atoms with van der Waals surface area (Å²) in [4.78, 5) is 12.6. The highest BCUT2D eigenvalue weighted by molar-refractivity contribution is 6.16. The van der Waals surface area contributed by atoms with Gasteiger partial charge in [-0.25, -0.2) is 5.01 Å². The van der Waals surface area contributed by atoms with Gasteiger partial charge in [-0.3, -0.25) is 4.79 Å². The summed E-state index contributed by atoms with van der Waals surface area (Å²) in [5.74, 6) is 0.136. The molecule has 1 amide bonds. The van der Waals surface area contributed by atoms with Crippen molar-refractivity contribution in [3.05, 3.63) is 29.3 Å². The van der Waals surface area contributed by atoms with Crippen molar-refractivity contribution in [3.8, 4) is 0 Å². The van der Waals surface area contributed by atoms with Gasteiger partial charge < -0.3 is 5.73 Å². The second-order valence-corrected chi connectivity index (χ2v) is 5.81. The molecule has 1 atom stereocenters. The van der Waals surface area contributed by atoms with Crippen molar-refractivity contribution in [2.24, 2.45) is 22.7 Å². The molecule has 108 valence electrons. The van der Waals surface area contributed by atoms with Gasteiger partial charge in [0, 0.05) is 0 Å². The standard InChI is InChI=1S/C16H23N3O/c1-10(2)15-14(5-6-17)16(20)19(18-15)13-8-11(3)7-12(4)9-13/h7-10,14H,5-6,17H2,1-4H3. The summed E-state index contributed by atoms with van der Waals surface area (Å²) < 4.78 is 0. The highest BCUT2D eigenvalue weighted by atomic mass is 16.2. The average Bonchev–Trinajstić information content (AvgIpc) is 2.67. The molecule has 4 heteroatoms. The molecule has 0 radical (unpaired) electrons. The lowest BCUT2D eigenvalue weighted by Crippen LogP contribution is -2.30. The third-order valence-corrected chi connectivity index (χ3v) is 3.58. The van der Waals surface area contributed by atoms with E-state index in [-0.39, 0.29) is 17.7 Å². The third kappa shape index (κ3) is 2.75. The van der Waals surface area contributed by atoms with Gasteiger partial charge in [0.2, 0.25) is 0 Å². The van der Waals surface area contributed by atoms with Gasteiger partial charge in [-0.05, 0) is 56.0 Å². The van der Waals surface area contributed by atoms with E-state index in [0.29, 0.717) is 13.0 Å². The van der Waals surface area contributed by atoms with E-state index in [1.807, 2.05) is 26.0 Å². The molecule has 0 aromatic heterocycles. The number of anilines is 1. The monoisotopic (exact) mass is 273 g/mol. The van der Waals surface area contributed by atoms with Gasteiger partial charge in [0.25, 0.3) is 5.91 Å². The van der Waals surface area contributed by atoms with Crippen LogP contribution in [0.5, 0.6) is 0 Å². The minimum absolute atomic E-state index is 0.0455. The van der Waals surface area contributed by atoms with Crippen LogP contribution in [0.25, 0.3) is 0 Å². The SMILES string of the molecule is Cc1cc(C)cc(N2N=C(C(C)C)C(CCN)C2=O)c1. The van der Waals surface area contributed by atoms with Gasteiger partial charge in [0.05, 0.1) is 17.3 Å². The largest absolute Gasteiger partial charge is 0.330 e. The van der Waals surface area contributed by atoms with Gasteiger partial charge in [0.1, 0.15) is 0 Å². The topological polar surface area (TPSA) is 58.7 Å². The maximum atomic E-state index is 12.6. The van der Waals surface area contributed by atoms with E-state index < -0.39 is 0 Å². The number of nitrogens with two attached hydrogens (primary N) is 1. The molecule has 0 fully saturated rings. The number of hydrogen-bond donors (Lipinski definition) is 1. The number of hydrazone groups is 1. The molecule has 0 bridgehead atoms. The van der Waals surface area contributed by atoms with Crippen LogP contribution in [0, 0.1) is 25.7 Å². The predicted octanol–water partition coefficient (Wildman–Crippen LogP) is 2.63. The first-order valence-corrected chi connectivity index (χ1v) is 7.14. The number of amides is 1. The fraction of sp³-hybridized carbons (Fsp3) is 0.500. The predicted molar refractivity (Wildman–Crippen MR) is 82.8 cm³/mol. The molecule has 1 aliphatic heterocycles. The van der Waals surface area contributed by atoms with Crippen molar-refractivity contribution in [1.82, 2.24) is 0 Å². The van der Waals surface area contributed by atoms with Crippen LogP contribution in [0.4, 0.5) is 5.69 Å². The van der Waals surface area contributed by atoms with Gasteiger partial charge in [-0.1, -0.05) is 19.9 Å². The van der Waals surface area contributed by atoms with Crippen LogP contribution in [-0.2, 0) is 4.79 Å². The fourth-order valence-electron chi connectivity index (χ4n) is 2.72. The van der Waals surface area contributed by atoms with Crippen molar-refractivity contribution in [2.45, 2.75) is 34.1 Å². The number of hydrogen-bond acceptors (Lipinski definition) is 3. The van der Waals surface area contributed by atoms with Crippen LogP contribution in [0.15, 0.2) is 23.3 Å². The van der Waals surface area contributed by atoms with E-state index >= 15 is 0 Å². The Hall–Kier alpha value is -1.68. The number of carbonyl (C=O) groups is 1. The summed E-state index contributed by atoms with van der Waals surface area (Å²) in [7, 11) is 0. The first-order chi connectivity index (χ1) is 9.43. The molecular weight excluding hydrogens is 250 g/mol. The Morgan fingerprint density at radius 2 is 1.85 bits per heavy atom. The smallest absolute Gasteiger partial charge is 0.256 e. The lowest BCUT2D eigenvalue weighted by Gasteiger charge is -2.15. The number of rotatable bonds is 4. The Morgan fingerprint density at radius 1 is 1.25 bits per heavy atom. The zero-order valence-electron chi connectivity index (χ0n) is 12.7. The Labute approximate surface area is 120 Å². The van der Waals surface area contributed by atoms with Crippen LogP contribution >= 0.6 is 0 Å².